The largest absolute Gasteiger partial charge is 0.507 e. The summed E-state index contributed by atoms with van der Waals surface area (Å²) in [6.07, 6.45) is 0.654. The fourth-order valence-corrected chi connectivity index (χ4v) is 1.70. The van der Waals surface area contributed by atoms with Gasteiger partial charge in [0.15, 0.2) is 0 Å². The van der Waals surface area contributed by atoms with Crippen LogP contribution in [0.4, 0.5) is 0 Å². The first-order chi connectivity index (χ1) is 8.16. The Labute approximate surface area is 118 Å². The van der Waals surface area contributed by atoms with Crippen molar-refractivity contribution in [1.82, 2.24) is 0 Å². The normalized spacial score (nSPS) is 9.56. The number of phenols is 1. The minimum absolute atomic E-state index is 0. The SMILES string of the molecule is O=C(O)c1cc(Cc2ccccc2)ccc1O.[Zn]. The Kier molecular flexibility index (Phi) is 5.05. The van der Waals surface area contributed by atoms with Crippen LogP contribution in [-0.4, -0.2) is 16.2 Å². The molecule has 0 atom stereocenters. The van der Waals surface area contributed by atoms with Gasteiger partial charge in [0, 0.05) is 19.5 Å². The summed E-state index contributed by atoms with van der Waals surface area (Å²) in [5.74, 6) is -1.31. The summed E-state index contributed by atoms with van der Waals surface area (Å²) in [5, 5.41) is 18.3. The number of carbonyl (C=O) groups is 1. The van der Waals surface area contributed by atoms with E-state index in [1.165, 1.54) is 12.1 Å². The maximum absolute atomic E-state index is 10.9. The van der Waals surface area contributed by atoms with Gasteiger partial charge in [-0.05, 0) is 29.7 Å². The van der Waals surface area contributed by atoms with Crippen molar-refractivity contribution in [3.05, 3.63) is 65.2 Å². The maximum atomic E-state index is 10.9. The molecule has 2 aromatic rings. The zero-order valence-electron chi connectivity index (χ0n) is 9.84. The van der Waals surface area contributed by atoms with Crippen LogP contribution in [0.15, 0.2) is 48.5 Å². The molecule has 0 saturated carbocycles. The van der Waals surface area contributed by atoms with Gasteiger partial charge in [0.05, 0.1) is 0 Å². The number of rotatable bonds is 3. The van der Waals surface area contributed by atoms with Crippen LogP contribution in [0.5, 0.6) is 5.75 Å². The van der Waals surface area contributed by atoms with Crippen molar-refractivity contribution >= 4 is 5.97 Å². The van der Waals surface area contributed by atoms with Crippen molar-refractivity contribution in [3.63, 3.8) is 0 Å². The molecule has 0 spiro atoms. The van der Waals surface area contributed by atoms with Gasteiger partial charge in [0.25, 0.3) is 0 Å². The van der Waals surface area contributed by atoms with Gasteiger partial charge in [-0.3, -0.25) is 0 Å². The molecular formula is C14H12O3Zn. The Hall–Kier alpha value is -1.67. The molecule has 0 amide bonds. The van der Waals surface area contributed by atoms with Gasteiger partial charge >= 0.3 is 5.97 Å². The van der Waals surface area contributed by atoms with Crippen molar-refractivity contribution in [1.29, 1.82) is 0 Å². The monoisotopic (exact) mass is 292 g/mol. The van der Waals surface area contributed by atoms with Gasteiger partial charge in [0.1, 0.15) is 11.3 Å². The molecule has 2 aromatic carbocycles. The molecule has 88 valence electrons. The average molecular weight is 294 g/mol. The summed E-state index contributed by atoms with van der Waals surface area (Å²) in [6.45, 7) is 0. The molecule has 0 bridgehead atoms. The molecule has 4 heteroatoms. The number of aromatic carboxylic acids is 1. The average Bonchev–Trinajstić information content (AvgIpc) is 2.32. The summed E-state index contributed by atoms with van der Waals surface area (Å²) >= 11 is 0. The number of benzene rings is 2. The van der Waals surface area contributed by atoms with Crippen molar-refractivity contribution < 1.29 is 34.5 Å². The number of hydrogen-bond donors (Lipinski definition) is 2. The molecule has 0 heterocycles. The number of carboxylic acids is 1. The van der Waals surface area contributed by atoms with E-state index in [4.69, 9.17) is 5.11 Å². The molecule has 0 aliphatic rings. The second kappa shape index (κ2) is 6.32. The van der Waals surface area contributed by atoms with Crippen LogP contribution >= 0.6 is 0 Å². The number of carboxylic acid groups (broad SMARTS) is 1. The van der Waals surface area contributed by atoms with Crippen molar-refractivity contribution in [2.75, 3.05) is 0 Å². The van der Waals surface area contributed by atoms with E-state index < -0.39 is 5.97 Å². The molecule has 3 nitrogen and oxygen atoms in total. The van der Waals surface area contributed by atoms with Crippen LogP contribution in [0.3, 0.4) is 0 Å². The third-order valence-corrected chi connectivity index (χ3v) is 2.54. The minimum atomic E-state index is -1.11. The second-order valence-electron chi connectivity index (χ2n) is 3.82. The Morgan fingerprint density at radius 3 is 2.28 bits per heavy atom. The van der Waals surface area contributed by atoms with Crippen LogP contribution in [0.2, 0.25) is 0 Å². The Morgan fingerprint density at radius 1 is 1.00 bits per heavy atom. The standard InChI is InChI=1S/C14H12O3.Zn/c15-13-7-6-11(9-12(13)14(16)17)8-10-4-2-1-3-5-10;/h1-7,9,15H,8H2,(H,16,17);. The van der Waals surface area contributed by atoms with Crippen molar-refractivity contribution in [2.24, 2.45) is 0 Å². The van der Waals surface area contributed by atoms with Gasteiger partial charge in [-0.1, -0.05) is 36.4 Å². The van der Waals surface area contributed by atoms with E-state index in [0.717, 1.165) is 11.1 Å². The van der Waals surface area contributed by atoms with E-state index in [1.807, 2.05) is 30.3 Å². The van der Waals surface area contributed by atoms with Gasteiger partial charge in [-0.15, -0.1) is 0 Å². The molecule has 0 aliphatic carbocycles. The predicted molar refractivity (Wildman–Crippen MR) is 64.3 cm³/mol. The first kappa shape index (κ1) is 14.4. The second-order valence-corrected chi connectivity index (χ2v) is 3.82. The number of hydrogen-bond acceptors (Lipinski definition) is 2. The Balaban J connectivity index is 0.00000162. The van der Waals surface area contributed by atoms with E-state index in [-0.39, 0.29) is 30.8 Å². The van der Waals surface area contributed by atoms with Crippen LogP contribution in [-0.2, 0) is 25.9 Å². The van der Waals surface area contributed by atoms with Crippen LogP contribution < -0.4 is 0 Å². The molecule has 0 aromatic heterocycles. The molecule has 0 fully saturated rings. The number of aromatic hydroxyl groups is 1. The third kappa shape index (κ3) is 3.41. The van der Waals surface area contributed by atoms with Gasteiger partial charge in [0.2, 0.25) is 0 Å². The Bertz CT molecular complexity index is 538. The molecule has 0 aliphatic heterocycles. The Morgan fingerprint density at radius 2 is 1.67 bits per heavy atom. The zero-order valence-corrected chi connectivity index (χ0v) is 12.8. The van der Waals surface area contributed by atoms with Crippen molar-refractivity contribution in [3.8, 4) is 5.75 Å². The van der Waals surface area contributed by atoms with E-state index in [0.29, 0.717) is 6.42 Å². The van der Waals surface area contributed by atoms with E-state index in [1.54, 1.807) is 6.07 Å². The minimum Gasteiger partial charge on any atom is -0.507 e. The van der Waals surface area contributed by atoms with E-state index in [9.17, 15) is 9.90 Å². The summed E-state index contributed by atoms with van der Waals surface area (Å²) < 4.78 is 0. The zero-order chi connectivity index (χ0) is 12.3. The molecule has 2 rings (SSSR count). The van der Waals surface area contributed by atoms with Gasteiger partial charge in [-0.2, -0.15) is 0 Å². The predicted octanol–water partition coefficient (Wildman–Crippen LogP) is 2.68. The fraction of sp³-hybridized carbons (Fsp3) is 0.0714. The topological polar surface area (TPSA) is 57.5 Å². The molecule has 0 radical (unpaired) electrons. The summed E-state index contributed by atoms with van der Waals surface area (Å²) in [4.78, 5) is 10.9. The smallest absolute Gasteiger partial charge is 0.339 e. The molecule has 18 heavy (non-hydrogen) atoms. The molecule has 2 N–H and O–H groups in total. The summed E-state index contributed by atoms with van der Waals surface area (Å²) in [6, 6.07) is 14.4. The van der Waals surface area contributed by atoms with Gasteiger partial charge in [-0.25, -0.2) is 4.79 Å². The first-order valence-corrected chi connectivity index (χ1v) is 5.26. The molecule has 0 saturated heterocycles. The third-order valence-electron chi connectivity index (χ3n) is 2.54. The van der Waals surface area contributed by atoms with Crippen LogP contribution in [0, 0.1) is 0 Å². The van der Waals surface area contributed by atoms with E-state index >= 15 is 0 Å². The van der Waals surface area contributed by atoms with Crippen molar-refractivity contribution in [2.45, 2.75) is 6.42 Å². The molecule has 0 unspecified atom stereocenters. The summed E-state index contributed by atoms with van der Waals surface area (Å²) in [7, 11) is 0. The van der Waals surface area contributed by atoms with E-state index in [2.05, 4.69) is 0 Å². The molecular weight excluding hydrogens is 282 g/mol. The summed E-state index contributed by atoms with van der Waals surface area (Å²) in [5.41, 5.74) is 1.92. The quantitative estimate of drug-likeness (QED) is 0.856. The van der Waals surface area contributed by atoms with Gasteiger partial charge < -0.3 is 10.2 Å². The van der Waals surface area contributed by atoms with Crippen LogP contribution in [0.1, 0.15) is 21.5 Å². The van der Waals surface area contributed by atoms with Crippen LogP contribution in [0.25, 0.3) is 0 Å². The first-order valence-electron chi connectivity index (χ1n) is 5.26. The fourth-order valence-electron chi connectivity index (χ4n) is 1.70. The maximum Gasteiger partial charge on any atom is 0.339 e.